The number of benzene rings is 2. The lowest BCUT2D eigenvalue weighted by Crippen LogP contribution is -2.17. The molecule has 42 heavy (non-hydrogen) atoms. The summed E-state index contributed by atoms with van der Waals surface area (Å²) in [6.45, 7) is 4.67. The Balaban J connectivity index is 1.56. The summed E-state index contributed by atoms with van der Waals surface area (Å²) in [7, 11) is 5.54. The number of hydrogen-bond donors (Lipinski definition) is 3. The minimum Gasteiger partial charge on any atom is -0.494 e. The molecule has 2 aromatic carbocycles. The maximum absolute atomic E-state index is 13.6. The number of nitrogens with one attached hydrogen (secondary N) is 3. The molecule has 3 N–H and O–H groups in total. The molecule has 10 nitrogen and oxygen atoms in total. The van der Waals surface area contributed by atoms with Crippen molar-refractivity contribution >= 4 is 28.9 Å². The van der Waals surface area contributed by atoms with Crippen molar-refractivity contribution in [2.24, 2.45) is 0 Å². The SMILES string of the molecule is CNc1cc(-n2nc(C)cc2Nc2cc(NC(=O)c3cc(OCCCN(C)C)cc(C(F)(F)F)c3)ccc2C)ncn1. The minimum atomic E-state index is -4.64. The number of aromatic nitrogens is 4. The zero-order chi connectivity index (χ0) is 30.4. The molecule has 0 saturated heterocycles. The number of halogens is 3. The van der Waals surface area contributed by atoms with E-state index in [0.29, 0.717) is 41.8 Å². The molecule has 0 fully saturated rings. The number of amides is 1. The molecule has 0 aliphatic carbocycles. The number of ether oxygens (including phenoxy) is 1. The second kappa shape index (κ2) is 12.9. The van der Waals surface area contributed by atoms with Gasteiger partial charge in [0, 0.05) is 42.7 Å². The van der Waals surface area contributed by atoms with E-state index in [1.165, 1.54) is 12.4 Å². The van der Waals surface area contributed by atoms with Gasteiger partial charge in [0.25, 0.3) is 5.91 Å². The summed E-state index contributed by atoms with van der Waals surface area (Å²) < 4.78 is 48.0. The van der Waals surface area contributed by atoms with E-state index in [-0.39, 0.29) is 17.9 Å². The molecule has 0 saturated carbocycles. The van der Waals surface area contributed by atoms with Gasteiger partial charge in [0.05, 0.1) is 17.9 Å². The van der Waals surface area contributed by atoms with Crippen LogP contribution in [-0.2, 0) is 6.18 Å². The zero-order valence-corrected chi connectivity index (χ0v) is 24.0. The number of nitrogens with zero attached hydrogens (tertiary/aromatic N) is 5. The smallest absolute Gasteiger partial charge is 0.416 e. The molecule has 0 bridgehead atoms. The molecule has 1 amide bonds. The van der Waals surface area contributed by atoms with Gasteiger partial charge in [-0.3, -0.25) is 4.79 Å². The number of hydrogen-bond acceptors (Lipinski definition) is 8. The van der Waals surface area contributed by atoms with Gasteiger partial charge in [-0.15, -0.1) is 0 Å². The Labute approximate surface area is 241 Å². The van der Waals surface area contributed by atoms with Crippen LogP contribution in [-0.4, -0.2) is 64.9 Å². The largest absolute Gasteiger partial charge is 0.494 e. The molecule has 0 aliphatic rings. The van der Waals surface area contributed by atoms with Crippen LogP contribution in [0.5, 0.6) is 5.75 Å². The summed E-state index contributed by atoms with van der Waals surface area (Å²) in [5.41, 5.74) is 1.53. The van der Waals surface area contributed by atoms with Crippen molar-refractivity contribution in [1.82, 2.24) is 24.6 Å². The first-order chi connectivity index (χ1) is 19.9. The number of alkyl halides is 3. The molecule has 2 aromatic heterocycles. The summed E-state index contributed by atoms with van der Waals surface area (Å²) in [5, 5.41) is 13.5. The number of carbonyl (C=O) groups is 1. The Hall–Kier alpha value is -4.65. The van der Waals surface area contributed by atoms with Crippen molar-refractivity contribution in [3.05, 3.63) is 77.2 Å². The average Bonchev–Trinajstić information content (AvgIpc) is 3.32. The fourth-order valence-corrected chi connectivity index (χ4v) is 4.09. The van der Waals surface area contributed by atoms with Gasteiger partial charge in [0.15, 0.2) is 5.82 Å². The predicted octanol–water partition coefficient (Wildman–Crippen LogP) is 5.67. The summed E-state index contributed by atoms with van der Waals surface area (Å²) >= 11 is 0. The summed E-state index contributed by atoms with van der Waals surface area (Å²) in [5.74, 6) is 1.06. The lowest BCUT2D eigenvalue weighted by Gasteiger charge is -2.15. The van der Waals surface area contributed by atoms with Gasteiger partial charge in [-0.25, -0.2) is 9.97 Å². The van der Waals surface area contributed by atoms with Gasteiger partial charge in [-0.1, -0.05) is 6.07 Å². The number of carbonyl (C=O) groups excluding carboxylic acids is 1. The van der Waals surface area contributed by atoms with Gasteiger partial charge in [-0.2, -0.15) is 23.0 Å². The van der Waals surface area contributed by atoms with Crippen LogP contribution < -0.4 is 20.7 Å². The molecule has 0 unspecified atom stereocenters. The number of rotatable bonds is 11. The monoisotopic (exact) mass is 582 g/mol. The number of aryl methyl sites for hydroxylation is 2. The third-order valence-corrected chi connectivity index (χ3v) is 6.23. The van der Waals surface area contributed by atoms with Crippen molar-refractivity contribution in [1.29, 1.82) is 0 Å². The summed E-state index contributed by atoms with van der Waals surface area (Å²) in [6.07, 6.45) is -2.59. The van der Waals surface area contributed by atoms with Crippen LogP contribution in [0.1, 0.15) is 33.6 Å². The average molecular weight is 583 g/mol. The van der Waals surface area contributed by atoms with Crippen molar-refractivity contribution in [3.63, 3.8) is 0 Å². The first-order valence-electron chi connectivity index (χ1n) is 13.2. The standard InChI is InChI=1S/C29H33F3N8O2/c1-18-7-8-22(15-24(18)37-27-11-19(2)38-40(27)26-16-25(33-3)34-17-35-26)36-28(41)20-12-21(29(30,31)32)14-23(13-20)42-10-6-9-39(4)5/h7-8,11-17,37H,6,9-10H2,1-5H3,(H,36,41)(H,33,34,35). The second-order valence-electron chi connectivity index (χ2n) is 9.95. The Bertz CT molecular complexity index is 1550. The molecule has 0 radical (unpaired) electrons. The minimum absolute atomic E-state index is 0.0187. The topological polar surface area (TPSA) is 109 Å². The molecule has 0 spiro atoms. The van der Waals surface area contributed by atoms with Crippen LogP contribution in [0.2, 0.25) is 0 Å². The maximum Gasteiger partial charge on any atom is 0.416 e. The van der Waals surface area contributed by atoms with E-state index in [4.69, 9.17) is 4.74 Å². The van der Waals surface area contributed by atoms with E-state index in [2.05, 4.69) is 31.0 Å². The summed E-state index contributed by atoms with van der Waals surface area (Å²) in [4.78, 5) is 23.5. The van der Waals surface area contributed by atoms with Crippen LogP contribution >= 0.6 is 0 Å². The quantitative estimate of drug-likeness (QED) is 0.194. The highest BCUT2D eigenvalue weighted by atomic mass is 19.4. The van der Waals surface area contributed by atoms with Gasteiger partial charge in [0.1, 0.15) is 23.7 Å². The Morgan fingerprint density at radius 1 is 1.05 bits per heavy atom. The highest BCUT2D eigenvalue weighted by molar-refractivity contribution is 6.05. The second-order valence-corrected chi connectivity index (χ2v) is 9.95. The van der Waals surface area contributed by atoms with E-state index in [1.807, 2.05) is 38.9 Å². The van der Waals surface area contributed by atoms with Gasteiger partial charge < -0.3 is 25.6 Å². The Morgan fingerprint density at radius 2 is 1.83 bits per heavy atom. The van der Waals surface area contributed by atoms with Gasteiger partial charge in [0.2, 0.25) is 0 Å². The van der Waals surface area contributed by atoms with Gasteiger partial charge in [-0.05, 0) is 70.3 Å². The molecule has 2 heterocycles. The van der Waals surface area contributed by atoms with E-state index in [9.17, 15) is 18.0 Å². The number of anilines is 4. The fourth-order valence-electron chi connectivity index (χ4n) is 4.09. The first kappa shape index (κ1) is 30.3. The molecule has 4 aromatic rings. The van der Waals surface area contributed by atoms with Crippen LogP contribution in [0.4, 0.5) is 36.2 Å². The van der Waals surface area contributed by atoms with Crippen molar-refractivity contribution < 1.29 is 22.7 Å². The molecule has 222 valence electrons. The predicted molar refractivity (Wildman–Crippen MR) is 156 cm³/mol. The van der Waals surface area contributed by atoms with Crippen LogP contribution in [0.3, 0.4) is 0 Å². The zero-order valence-electron chi connectivity index (χ0n) is 24.0. The normalized spacial score (nSPS) is 11.5. The molecule has 0 atom stereocenters. The van der Waals surface area contributed by atoms with Crippen LogP contribution in [0.15, 0.2) is 54.9 Å². The maximum atomic E-state index is 13.6. The lowest BCUT2D eigenvalue weighted by molar-refractivity contribution is -0.137. The van der Waals surface area contributed by atoms with E-state index in [1.54, 1.807) is 36.0 Å². The Morgan fingerprint density at radius 3 is 2.55 bits per heavy atom. The molecule has 4 rings (SSSR count). The van der Waals surface area contributed by atoms with Gasteiger partial charge >= 0.3 is 6.18 Å². The van der Waals surface area contributed by atoms with Crippen LogP contribution in [0, 0.1) is 13.8 Å². The summed E-state index contributed by atoms with van der Waals surface area (Å²) in [6, 6.07) is 11.8. The van der Waals surface area contributed by atoms with Crippen molar-refractivity contribution in [2.75, 3.05) is 50.2 Å². The van der Waals surface area contributed by atoms with Crippen molar-refractivity contribution in [3.8, 4) is 11.6 Å². The van der Waals surface area contributed by atoms with Crippen molar-refractivity contribution in [2.45, 2.75) is 26.4 Å². The first-order valence-corrected chi connectivity index (χ1v) is 13.2. The van der Waals surface area contributed by atoms with Crippen LogP contribution in [0.25, 0.3) is 5.82 Å². The third-order valence-electron chi connectivity index (χ3n) is 6.23. The molecule has 13 heteroatoms. The molecular weight excluding hydrogens is 549 g/mol. The fraction of sp³-hybridized carbons (Fsp3) is 0.310. The lowest BCUT2D eigenvalue weighted by atomic mass is 10.1. The highest BCUT2D eigenvalue weighted by Gasteiger charge is 2.32. The van der Waals surface area contributed by atoms with E-state index in [0.717, 1.165) is 23.4 Å². The third kappa shape index (κ3) is 7.75. The highest BCUT2D eigenvalue weighted by Crippen LogP contribution is 2.33. The molecular formula is C29H33F3N8O2. The Kier molecular flexibility index (Phi) is 9.31. The van der Waals surface area contributed by atoms with E-state index >= 15 is 0 Å². The molecule has 0 aliphatic heterocycles. The van der Waals surface area contributed by atoms with E-state index < -0.39 is 17.6 Å².